The summed E-state index contributed by atoms with van der Waals surface area (Å²) in [5.74, 6) is -0.0154. The first kappa shape index (κ1) is 17.9. The molecule has 1 aromatic carbocycles. The minimum absolute atomic E-state index is 0.151. The quantitative estimate of drug-likeness (QED) is 0.671. The average Bonchev–Trinajstić information content (AvgIpc) is 3.18. The summed E-state index contributed by atoms with van der Waals surface area (Å²) in [4.78, 5) is 34.5. The second-order valence-corrected chi connectivity index (χ2v) is 7.39. The maximum Gasteiger partial charge on any atom is 0.290 e. The number of aromatic nitrogens is 2. The maximum atomic E-state index is 13.3. The maximum absolute atomic E-state index is 13.3. The van der Waals surface area contributed by atoms with E-state index in [4.69, 9.17) is 4.74 Å². The van der Waals surface area contributed by atoms with E-state index in [-0.39, 0.29) is 17.6 Å². The van der Waals surface area contributed by atoms with Crippen molar-refractivity contribution in [1.82, 2.24) is 19.2 Å². The Morgan fingerprint density at radius 1 is 0.862 bits per heavy atom. The lowest BCUT2D eigenvalue weighted by Crippen LogP contribution is -2.41. The molecule has 7 nitrogen and oxygen atoms in total. The number of fused-ring (bicyclic) bond motifs is 2. The van der Waals surface area contributed by atoms with Crippen LogP contribution in [0.5, 0.6) is 0 Å². The number of ether oxygens (including phenoxy) is 1. The molecule has 0 unspecified atom stereocenters. The van der Waals surface area contributed by atoms with Crippen molar-refractivity contribution in [3.8, 4) is 0 Å². The van der Waals surface area contributed by atoms with Gasteiger partial charge in [-0.1, -0.05) is 30.3 Å². The number of amides is 2. The first-order chi connectivity index (χ1) is 14.2. The van der Waals surface area contributed by atoms with Crippen LogP contribution in [-0.2, 0) is 17.7 Å². The Labute approximate surface area is 168 Å². The van der Waals surface area contributed by atoms with Gasteiger partial charge in [0.1, 0.15) is 0 Å². The molecule has 0 saturated carbocycles. The van der Waals surface area contributed by atoms with E-state index in [1.807, 2.05) is 35.2 Å². The van der Waals surface area contributed by atoms with Gasteiger partial charge in [0, 0.05) is 32.4 Å². The van der Waals surface area contributed by atoms with Crippen LogP contribution in [0.15, 0.2) is 48.7 Å². The van der Waals surface area contributed by atoms with Crippen molar-refractivity contribution in [1.29, 1.82) is 0 Å². The van der Waals surface area contributed by atoms with E-state index in [1.54, 1.807) is 15.5 Å². The van der Waals surface area contributed by atoms with Crippen LogP contribution in [0.1, 0.15) is 32.2 Å². The molecule has 0 atom stereocenters. The fraction of sp³-hybridized carbons (Fsp3) is 0.318. The van der Waals surface area contributed by atoms with E-state index < -0.39 is 0 Å². The van der Waals surface area contributed by atoms with Crippen LogP contribution in [0, 0.1) is 0 Å². The number of hydrogen-bond donors (Lipinski definition) is 0. The molecule has 0 radical (unpaired) electrons. The second-order valence-electron chi connectivity index (χ2n) is 7.39. The monoisotopic (exact) mass is 390 g/mol. The zero-order valence-corrected chi connectivity index (χ0v) is 16.1. The molecule has 7 heteroatoms. The van der Waals surface area contributed by atoms with Gasteiger partial charge in [0.2, 0.25) is 5.82 Å². The van der Waals surface area contributed by atoms with Crippen LogP contribution in [0.3, 0.4) is 0 Å². The number of benzene rings is 1. The molecule has 1 saturated heterocycles. The molecule has 148 valence electrons. The van der Waals surface area contributed by atoms with E-state index in [0.717, 1.165) is 12.0 Å². The zero-order chi connectivity index (χ0) is 19.8. The molecular weight excluding hydrogens is 368 g/mol. The summed E-state index contributed by atoms with van der Waals surface area (Å²) >= 11 is 0. The lowest BCUT2D eigenvalue weighted by atomic mass is 10.00. The molecule has 0 N–H and O–H groups in total. The van der Waals surface area contributed by atoms with Crippen molar-refractivity contribution in [2.75, 3.05) is 32.8 Å². The number of imidazole rings is 1. The Kier molecular flexibility index (Phi) is 4.52. The zero-order valence-electron chi connectivity index (χ0n) is 16.1. The third-order valence-electron chi connectivity index (χ3n) is 5.66. The topological polar surface area (TPSA) is 67.2 Å². The number of carbonyl (C=O) groups excluding carboxylic acids is 2. The Balaban J connectivity index is 1.49. The Bertz CT molecular complexity index is 1080. The minimum atomic E-state index is -0.153. The lowest BCUT2D eigenvalue weighted by Gasteiger charge is -2.28. The molecule has 1 fully saturated rings. The standard InChI is InChI=1S/C22H22N4O3/c27-21(24-11-13-29-14-12-24)19-18-7-3-4-9-26(18)20(23-19)22(28)25-10-8-16-5-1-2-6-17(16)15-25/h1-7,9H,8,10-15H2. The van der Waals surface area contributed by atoms with Crippen molar-refractivity contribution < 1.29 is 14.3 Å². The van der Waals surface area contributed by atoms with Gasteiger partial charge in [0.25, 0.3) is 11.8 Å². The van der Waals surface area contributed by atoms with Crippen LogP contribution in [-0.4, -0.2) is 63.8 Å². The predicted octanol–water partition coefficient (Wildman–Crippen LogP) is 2.01. The van der Waals surface area contributed by atoms with Gasteiger partial charge in [0.05, 0.1) is 18.7 Å². The highest BCUT2D eigenvalue weighted by molar-refractivity contribution is 6.02. The fourth-order valence-electron chi connectivity index (χ4n) is 4.07. The van der Waals surface area contributed by atoms with Gasteiger partial charge in [-0.05, 0) is 29.7 Å². The van der Waals surface area contributed by atoms with E-state index in [1.165, 1.54) is 5.56 Å². The molecule has 4 heterocycles. The van der Waals surface area contributed by atoms with Crippen molar-refractivity contribution >= 4 is 17.3 Å². The summed E-state index contributed by atoms with van der Waals surface area (Å²) < 4.78 is 7.08. The number of carbonyl (C=O) groups is 2. The molecule has 29 heavy (non-hydrogen) atoms. The van der Waals surface area contributed by atoms with Gasteiger partial charge < -0.3 is 14.5 Å². The highest BCUT2D eigenvalue weighted by atomic mass is 16.5. The van der Waals surface area contributed by atoms with Gasteiger partial charge in [-0.25, -0.2) is 4.98 Å². The summed E-state index contributed by atoms with van der Waals surface area (Å²) in [6.07, 6.45) is 2.62. The molecule has 0 aliphatic carbocycles. The predicted molar refractivity (Wildman–Crippen MR) is 107 cm³/mol. The highest BCUT2D eigenvalue weighted by Crippen LogP contribution is 2.22. The van der Waals surface area contributed by atoms with Gasteiger partial charge in [-0.2, -0.15) is 0 Å². The lowest BCUT2D eigenvalue weighted by molar-refractivity contribution is 0.0300. The number of hydrogen-bond acceptors (Lipinski definition) is 4. The van der Waals surface area contributed by atoms with Gasteiger partial charge in [0.15, 0.2) is 5.69 Å². The van der Waals surface area contributed by atoms with Crippen molar-refractivity contribution in [3.05, 3.63) is 71.3 Å². The van der Waals surface area contributed by atoms with E-state index in [0.29, 0.717) is 50.6 Å². The van der Waals surface area contributed by atoms with Crippen molar-refractivity contribution in [3.63, 3.8) is 0 Å². The highest BCUT2D eigenvalue weighted by Gasteiger charge is 2.29. The van der Waals surface area contributed by atoms with Gasteiger partial charge >= 0.3 is 0 Å². The van der Waals surface area contributed by atoms with Crippen LogP contribution in [0.2, 0.25) is 0 Å². The molecule has 2 aromatic heterocycles. The Morgan fingerprint density at radius 2 is 1.62 bits per heavy atom. The molecule has 5 rings (SSSR count). The second kappa shape index (κ2) is 7.33. The summed E-state index contributed by atoms with van der Waals surface area (Å²) in [7, 11) is 0. The smallest absolute Gasteiger partial charge is 0.290 e. The van der Waals surface area contributed by atoms with E-state index in [2.05, 4.69) is 17.1 Å². The van der Waals surface area contributed by atoms with E-state index >= 15 is 0 Å². The molecule has 0 spiro atoms. The van der Waals surface area contributed by atoms with Crippen LogP contribution < -0.4 is 0 Å². The molecule has 2 aliphatic rings. The fourth-order valence-corrected chi connectivity index (χ4v) is 4.07. The Hall–Kier alpha value is -3.19. The number of nitrogens with zero attached hydrogens (tertiary/aromatic N) is 4. The third-order valence-corrected chi connectivity index (χ3v) is 5.66. The summed E-state index contributed by atoms with van der Waals surface area (Å²) in [5.41, 5.74) is 3.43. The van der Waals surface area contributed by atoms with Crippen LogP contribution >= 0.6 is 0 Å². The molecular formula is C22H22N4O3. The molecule has 2 aliphatic heterocycles. The molecule has 0 bridgehead atoms. The minimum Gasteiger partial charge on any atom is -0.378 e. The van der Waals surface area contributed by atoms with E-state index in [9.17, 15) is 9.59 Å². The largest absolute Gasteiger partial charge is 0.378 e. The van der Waals surface area contributed by atoms with Crippen molar-refractivity contribution in [2.24, 2.45) is 0 Å². The molecule has 2 amide bonds. The average molecular weight is 390 g/mol. The van der Waals surface area contributed by atoms with Gasteiger partial charge in [-0.3, -0.25) is 14.0 Å². The first-order valence-corrected chi connectivity index (χ1v) is 9.92. The van der Waals surface area contributed by atoms with Crippen molar-refractivity contribution in [2.45, 2.75) is 13.0 Å². The summed E-state index contributed by atoms with van der Waals surface area (Å²) in [6.45, 7) is 3.33. The Morgan fingerprint density at radius 3 is 2.45 bits per heavy atom. The van der Waals surface area contributed by atoms with Crippen LogP contribution in [0.25, 0.3) is 5.52 Å². The molecule has 3 aromatic rings. The third kappa shape index (κ3) is 3.17. The normalized spacial score (nSPS) is 16.7. The van der Waals surface area contributed by atoms with Gasteiger partial charge in [-0.15, -0.1) is 0 Å². The first-order valence-electron chi connectivity index (χ1n) is 9.92. The summed E-state index contributed by atoms with van der Waals surface area (Å²) in [5, 5.41) is 0. The number of pyridine rings is 1. The number of morpholine rings is 1. The SMILES string of the molecule is O=C(c1nc(C(=O)N2CCc3ccccc3C2)n2ccccc12)N1CCOCC1. The summed E-state index contributed by atoms with van der Waals surface area (Å²) in [6, 6.07) is 13.7. The number of rotatable bonds is 2. The van der Waals surface area contributed by atoms with Crippen LogP contribution in [0.4, 0.5) is 0 Å².